The molecule has 1 N–H and O–H groups in total. The molecule has 0 radical (unpaired) electrons. The molecule has 7 heteroatoms. The summed E-state index contributed by atoms with van der Waals surface area (Å²) in [7, 11) is 1.37. The maximum atomic E-state index is 12.8. The molecule has 1 aromatic heterocycles. The number of anilines is 1. The van der Waals surface area contributed by atoms with E-state index in [4.69, 9.17) is 9.47 Å². The SMILES string of the molecule is CCCCOc1ccc(C(=O)Nc2sc3c(c2C(=O)OC)CCCC3)cc1Br. The van der Waals surface area contributed by atoms with E-state index in [0.717, 1.165) is 48.6 Å². The lowest BCUT2D eigenvalue weighted by Crippen LogP contribution is -2.15. The zero-order chi connectivity index (χ0) is 20.1. The zero-order valence-corrected chi connectivity index (χ0v) is 18.5. The van der Waals surface area contributed by atoms with Gasteiger partial charge in [0.05, 0.1) is 23.8 Å². The molecule has 0 fully saturated rings. The Morgan fingerprint density at radius 3 is 2.75 bits per heavy atom. The number of aryl methyl sites for hydroxylation is 1. The van der Waals surface area contributed by atoms with Crippen LogP contribution in [0.15, 0.2) is 22.7 Å². The first-order valence-corrected chi connectivity index (χ1v) is 11.1. The molecule has 0 aliphatic heterocycles. The van der Waals surface area contributed by atoms with E-state index < -0.39 is 5.97 Å². The number of ether oxygens (including phenoxy) is 2. The van der Waals surface area contributed by atoms with Crippen LogP contribution in [0.5, 0.6) is 5.75 Å². The van der Waals surface area contributed by atoms with Crippen LogP contribution in [0.2, 0.25) is 0 Å². The van der Waals surface area contributed by atoms with Crippen LogP contribution in [0, 0.1) is 0 Å². The first-order valence-electron chi connectivity index (χ1n) is 9.51. The lowest BCUT2D eigenvalue weighted by molar-refractivity contribution is 0.0601. The second kappa shape index (κ2) is 9.56. The van der Waals surface area contributed by atoms with Gasteiger partial charge in [0.15, 0.2) is 0 Å². The molecule has 0 bridgehead atoms. The highest BCUT2D eigenvalue weighted by Crippen LogP contribution is 2.39. The van der Waals surface area contributed by atoms with E-state index in [1.807, 2.05) is 0 Å². The van der Waals surface area contributed by atoms with Gasteiger partial charge in [-0.2, -0.15) is 0 Å². The Labute approximate surface area is 177 Å². The fourth-order valence-electron chi connectivity index (χ4n) is 3.23. The average Bonchev–Trinajstić information content (AvgIpc) is 3.06. The van der Waals surface area contributed by atoms with Crippen LogP contribution in [0.1, 0.15) is 63.8 Å². The second-order valence-corrected chi connectivity index (χ2v) is 8.67. The smallest absolute Gasteiger partial charge is 0.341 e. The van der Waals surface area contributed by atoms with Crippen LogP contribution in [0.4, 0.5) is 5.00 Å². The Morgan fingerprint density at radius 2 is 2.04 bits per heavy atom. The van der Waals surface area contributed by atoms with Crippen LogP contribution in [0.25, 0.3) is 0 Å². The summed E-state index contributed by atoms with van der Waals surface area (Å²) >= 11 is 4.95. The fourth-order valence-corrected chi connectivity index (χ4v) is 5.00. The number of amides is 1. The minimum absolute atomic E-state index is 0.260. The first-order chi connectivity index (χ1) is 13.5. The average molecular weight is 466 g/mol. The third-order valence-corrected chi connectivity index (χ3v) is 6.56. The molecule has 0 saturated carbocycles. The van der Waals surface area contributed by atoms with Crippen molar-refractivity contribution in [1.82, 2.24) is 0 Å². The van der Waals surface area contributed by atoms with E-state index in [9.17, 15) is 9.59 Å². The monoisotopic (exact) mass is 465 g/mol. The summed E-state index contributed by atoms with van der Waals surface area (Å²) in [6.45, 7) is 2.75. The summed E-state index contributed by atoms with van der Waals surface area (Å²) in [5, 5.41) is 3.49. The summed E-state index contributed by atoms with van der Waals surface area (Å²) < 4.78 is 11.4. The Kier molecular flexibility index (Phi) is 7.13. The lowest BCUT2D eigenvalue weighted by Gasteiger charge is -2.12. The van der Waals surface area contributed by atoms with Gasteiger partial charge in [-0.3, -0.25) is 4.79 Å². The largest absolute Gasteiger partial charge is 0.492 e. The number of nitrogens with one attached hydrogen (secondary N) is 1. The van der Waals surface area contributed by atoms with Crippen LogP contribution >= 0.6 is 27.3 Å². The number of carbonyl (C=O) groups is 2. The van der Waals surface area contributed by atoms with E-state index in [0.29, 0.717) is 28.5 Å². The van der Waals surface area contributed by atoms with Crippen molar-refractivity contribution >= 4 is 44.1 Å². The molecule has 1 heterocycles. The number of hydrogen-bond donors (Lipinski definition) is 1. The second-order valence-electron chi connectivity index (χ2n) is 6.71. The van der Waals surface area contributed by atoms with E-state index in [1.54, 1.807) is 18.2 Å². The number of fused-ring (bicyclic) bond motifs is 1. The van der Waals surface area contributed by atoms with Gasteiger partial charge in [0.1, 0.15) is 10.8 Å². The molecule has 0 spiro atoms. The lowest BCUT2D eigenvalue weighted by atomic mass is 9.95. The van der Waals surface area contributed by atoms with Gasteiger partial charge in [-0.1, -0.05) is 13.3 Å². The fraction of sp³-hybridized carbons (Fsp3) is 0.429. The summed E-state index contributed by atoms with van der Waals surface area (Å²) in [6, 6.07) is 5.25. The molecule has 1 aromatic carbocycles. The predicted molar refractivity (Wildman–Crippen MR) is 115 cm³/mol. The van der Waals surface area contributed by atoms with Gasteiger partial charge in [0.2, 0.25) is 0 Å². The van der Waals surface area contributed by atoms with Crippen molar-refractivity contribution in [3.8, 4) is 5.75 Å². The molecule has 150 valence electrons. The highest BCUT2D eigenvalue weighted by atomic mass is 79.9. The van der Waals surface area contributed by atoms with Crippen molar-refractivity contribution in [2.24, 2.45) is 0 Å². The van der Waals surface area contributed by atoms with Crippen molar-refractivity contribution in [3.05, 3.63) is 44.2 Å². The molecule has 28 heavy (non-hydrogen) atoms. The van der Waals surface area contributed by atoms with Crippen molar-refractivity contribution in [2.45, 2.75) is 45.4 Å². The van der Waals surface area contributed by atoms with E-state index in [2.05, 4.69) is 28.2 Å². The van der Waals surface area contributed by atoms with Crippen LogP contribution in [-0.2, 0) is 17.6 Å². The van der Waals surface area contributed by atoms with E-state index in [1.165, 1.54) is 23.3 Å². The quantitative estimate of drug-likeness (QED) is 0.426. The first kappa shape index (κ1) is 20.9. The van der Waals surface area contributed by atoms with Gasteiger partial charge >= 0.3 is 5.97 Å². The maximum Gasteiger partial charge on any atom is 0.341 e. The summed E-state index contributed by atoms with van der Waals surface area (Å²) in [5.74, 6) is 0.0620. The number of carbonyl (C=O) groups excluding carboxylic acids is 2. The molecule has 0 unspecified atom stereocenters. The van der Waals surface area contributed by atoms with Crippen molar-refractivity contribution < 1.29 is 19.1 Å². The third kappa shape index (κ3) is 4.58. The van der Waals surface area contributed by atoms with Crippen LogP contribution in [-0.4, -0.2) is 25.6 Å². The summed E-state index contributed by atoms with van der Waals surface area (Å²) in [6.07, 6.45) is 5.98. The van der Waals surface area contributed by atoms with E-state index in [-0.39, 0.29) is 5.91 Å². The van der Waals surface area contributed by atoms with E-state index >= 15 is 0 Å². The highest BCUT2D eigenvalue weighted by molar-refractivity contribution is 9.10. The van der Waals surface area contributed by atoms with Gasteiger partial charge < -0.3 is 14.8 Å². The van der Waals surface area contributed by atoms with Gasteiger partial charge in [-0.25, -0.2) is 4.79 Å². The number of rotatable bonds is 7. The van der Waals surface area contributed by atoms with Crippen LogP contribution < -0.4 is 10.1 Å². The zero-order valence-electron chi connectivity index (χ0n) is 16.1. The standard InChI is InChI=1S/C21H24BrNO4S/c1-3-4-11-27-16-10-9-13(12-15(16)22)19(24)23-20-18(21(25)26-2)14-7-5-6-8-17(14)28-20/h9-10,12H,3-8,11H2,1-2H3,(H,23,24). The van der Waals surface area contributed by atoms with Crippen LogP contribution in [0.3, 0.4) is 0 Å². The Bertz CT molecular complexity index is 878. The molecule has 5 nitrogen and oxygen atoms in total. The molecular weight excluding hydrogens is 442 g/mol. The Hall–Kier alpha value is -1.86. The third-order valence-electron chi connectivity index (χ3n) is 4.74. The minimum Gasteiger partial charge on any atom is -0.492 e. The van der Waals surface area contributed by atoms with Crippen molar-refractivity contribution in [1.29, 1.82) is 0 Å². The minimum atomic E-state index is -0.393. The summed E-state index contributed by atoms with van der Waals surface area (Å²) in [5.41, 5.74) is 2.03. The highest BCUT2D eigenvalue weighted by Gasteiger charge is 2.27. The molecule has 3 rings (SSSR count). The number of methoxy groups -OCH3 is 1. The molecule has 0 atom stereocenters. The normalized spacial score (nSPS) is 13.0. The molecule has 1 aliphatic rings. The van der Waals surface area contributed by atoms with Gasteiger partial charge in [-0.15, -0.1) is 11.3 Å². The number of esters is 1. The molecular formula is C21H24BrNO4S. The number of halogens is 1. The topological polar surface area (TPSA) is 64.6 Å². The number of unbranched alkanes of at least 4 members (excludes halogenated alkanes) is 1. The number of thiophene rings is 1. The predicted octanol–water partition coefficient (Wildman–Crippen LogP) is 5.61. The maximum absolute atomic E-state index is 12.8. The number of benzene rings is 1. The number of hydrogen-bond acceptors (Lipinski definition) is 5. The molecule has 2 aromatic rings. The van der Waals surface area contributed by atoms with Gasteiger partial charge in [0, 0.05) is 10.4 Å². The molecule has 1 amide bonds. The van der Waals surface area contributed by atoms with Gasteiger partial charge in [0.25, 0.3) is 5.91 Å². The Balaban J connectivity index is 1.80. The molecule has 1 aliphatic carbocycles. The van der Waals surface area contributed by atoms with Gasteiger partial charge in [-0.05, 0) is 71.8 Å². The van der Waals surface area contributed by atoms with Crippen molar-refractivity contribution in [2.75, 3.05) is 19.0 Å². The van der Waals surface area contributed by atoms with Crippen molar-refractivity contribution in [3.63, 3.8) is 0 Å². The Morgan fingerprint density at radius 1 is 1.25 bits per heavy atom. The molecule has 0 saturated heterocycles. The summed E-state index contributed by atoms with van der Waals surface area (Å²) in [4.78, 5) is 26.3.